The number of pyridine rings is 1. The fourth-order valence-electron chi connectivity index (χ4n) is 4.85. The van der Waals surface area contributed by atoms with Gasteiger partial charge in [-0.2, -0.15) is 14.6 Å². The molecule has 0 aliphatic heterocycles. The molecule has 0 saturated heterocycles. The Kier molecular flexibility index (Phi) is 9.90. The molecule has 45 heavy (non-hydrogen) atoms. The molecule has 17 heteroatoms. The second-order valence-corrected chi connectivity index (χ2v) is 11.1. The Labute approximate surface area is 259 Å². The monoisotopic (exact) mass is 644 g/mol. The Morgan fingerprint density at radius 1 is 1.16 bits per heavy atom. The summed E-state index contributed by atoms with van der Waals surface area (Å²) >= 11 is 1.16. The maximum Gasteiger partial charge on any atom is 0.321 e. The van der Waals surface area contributed by atoms with Gasteiger partial charge in [0, 0.05) is 29.9 Å². The van der Waals surface area contributed by atoms with Crippen molar-refractivity contribution in [3.05, 3.63) is 53.6 Å². The van der Waals surface area contributed by atoms with Crippen molar-refractivity contribution < 1.29 is 37.7 Å². The van der Waals surface area contributed by atoms with Gasteiger partial charge in [0.15, 0.2) is 12.5 Å². The predicted octanol–water partition coefficient (Wildman–Crippen LogP) is 3.62. The van der Waals surface area contributed by atoms with Crippen LogP contribution in [-0.4, -0.2) is 71.2 Å². The maximum atomic E-state index is 14.8. The van der Waals surface area contributed by atoms with Crippen molar-refractivity contribution in [1.29, 1.82) is 0 Å². The van der Waals surface area contributed by atoms with Crippen molar-refractivity contribution in [2.45, 2.75) is 63.9 Å². The topological polar surface area (TPSA) is 189 Å². The van der Waals surface area contributed by atoms with E-state index in [0.29, 0.717) is 17.2 Å². The lowest BCUT2D eigenvalue weighted by Crippen LogP contribution is -2.33. The van der Waals surface area contributed by atoms with Crippen molar-refractivity contribution in [1.82, 2.24) is 29.5 Å². The normalized spacial score (nSPS) is 17.2. The lowest BCUT2D eigenvalue weighted by atomic mass is 9.93. The molecule has 4 heterocycles. The molecule has 1 aliphatic carbocycles. The van der Waals surface area contributed by atoms with E-state index >= 15 is 0 Å². The zero-order valence-corrected chi connectivity index (χ0v) is 24.9. The molecule has 0 bridgehead atoms. The van der Waals surface area contributed by atoms with Crippen LogP contribution in [0.5, 0.6) is 0 Å². The molecule has 1 saturated carbocycles. The van der Waals surface area contributed by atoms with Gasteiger partial charge in [-0.15, -0.1) is 11.3 Å². The third kappa shape index (κ3) is 7.73. The van der Waals surface area contributed by atoms with Crippen LogP contribution >= 0.6 is 11.3 Å². The van der Waals surface area contributed by atoms with E-state index in [2.05, 4.69) is 25.5 Å². The summed E-state index contributed by atoms with van der Waals surface area (Å²) in [6, 6.07) is 0.453. The van der Waals surface area contributed by atoms with Gasteiger partial charge in [0.2, 0.25) is 5.95 Å². The van der Waals surface area contributed by atoms with E-state index in [4.69, 9.17) is 20.3 Å². The number of thiazole rings is 1. The summed E-state index contributed by atoms with van der Waals surface area (Å²) in [4.78, 5) is 43.9. The van der Waals surface area contributed by atoms with Gasteiger partial charge in [-0.05, 0) is 44.7 Å². The minimum Gasteiger partial charge on any atom is -0.480 e. The molecule has 4 aromatic heterocycles. The summed E-state index contributed by atoms with van der Waals surface area (Å²) in [7, 11) is 0. The molecule has 5 rings (SSSR count). The highest BCUT2D eigenvalue weighted by molar-refractivity contribution is 7.13. The number of carboxylic acids is 1. The van der Waals surface area contributed by atoms with E-state index in [1.165, 1.54) is 22.5 Å². The number of halogens is 2. The summed E-state index contributed by atoms with van der Waals surface area (Å²) in [6.07, 6.45) is 7.41. The fourth-order valence-corrected chi connectivity index (χ4v) is 5.62. The number of nitrogens with one attached hydrogen (secondary N) is 1. The first kappa shape index (κ1) is 31.8. The summed E-state index contributed by atoms with van der Waals surface area (Å²) in [5.41, 5.74) is 5.73. The van der Waals surface area contributed by atoms with Gasteiger partial charge in [-0.25, -0.2) is 19.0 Å². The molecule has 0 aromatic carbocycles. The standard InChI is InChI=1S/C28H30F2N8O6S/c1-2-43-17-5-3-16(4-6-17)38-12-20(25(36-38)24-18(29)7-8-22(30)35-24)33-26(40)21-13-45-27(34-21)15-10-32-37(11-15)14-44-23(39)9-19(31)28(41)42/h7-8,10-13,16-17,19H,2-6,9,14,31H2,1H3,(H,33,40)(H,41,42)/t16?,17?,19-/m1/s1. The average molecular weight is 645 g/mol. The Hall–Kier alpha value is -4.61. The van der Waals surface area contributed by atoms with E-state index in [1.807, 2.05) is 6.92 Å². The van der Waals surface area contributed by atoms with E-state index in [1.54, 1.807) is 10.9 Å². The molecule has 0 spiro atoms. The maximum absolute atomic E-state index is 14.8. The lowest BCUT2D eigenvalue weighted by molar-refractivity contribution is -0.152. The van der Waals surface area contributed by atoms with Crippen LogP contribution in [0.25, 0.3) is 22.0 Å². The third-order valence-corrected chi connectivity index (χ3v) is 8.01. The summed E-state index contributed by atoms with van der Waals surface area (Å²) in [6.45, 7) is 2.29. The van der Waals surface area contributed by atoms with Gasteiger partial charge in [0.25, 0.3) is 5.91 Å². The zero-order chi connectivity index (χ0) is 32.1. The molecule has 1 amide bonds. The van der Waals surface area contributed by atoms with E-state index < -0.39 is 42.1 Å². The summed E-state index contributed by atoms with van der Waals surface area (Å²) < 4.78 is 42.5. The molecule has 14 nitrogen and oxygen atoms in total. The molecule has 1 aliphatic rings. The van der Waals surface area contributed by atoms with Gasteiger partial charge in [-0.3, -0.25) is 19.1 Å². The Morgan fingerprint density at radius 3 is 2.67 bits per heavy atom. The molecule has 238 valence electrons. The highest BCUT2D eigenvalue weighted by atomic mass is 32.1. The fraction of sp³-hybridized carbons (Fsp3) is 0.393. The first-order chi connectivity index (χ1) is 21.6. The molecule has 0 radical (unpaired) electrons. The van der Waals surface area contributed by atoms with Crippen LogP contribution in [-0.2, 0) is 25.8 Å². The smallest absolute Gasteiger partial charge is 0.321 e. The Bertz CT molecular complexity index is 1680. The van der Waals surface area contributed by atoms with Crippen LogP contribution in [0.1, 0.15) is 55.6 Å². The second-order valence-electron chi connectivity index (χ2n) is 10.3. The zero-order valence-electron chi connectivity index (χ0n) is 24.1. The first-order valence-corrected chi connectivity index (χ1v) is 15.0. The number of carbonyl (C=O) groups excluding carboxylic acids is 2. The number of hydrogen-bond donors (Lipinski definition) is 3. The second kappa shape index (κ2) is 14.0. The lowest BCUT2D eigenvalue weighted by Gasteiger charge is -2.28. The number of aromatic nitrogens is 6. The number of aliphatic carboxylic acids is 1. The van der Waals surface area contributed by atoms with Crippen molar-refractivity contribution in [3.63, 3.8) is 0 Å². The first-order valence-electron chi connectivity index (χ1n) is 14.1. The van der Waals surface area contributed by atoms with E-state index in [9.17, 15) is 23.2 Å². The van der Waals surface area contributed by atoms with Gasteiger partial charge in [0.05, 0.1) is 30.5 Å². The molecule has 4 aromatic rings. The molecule has 1 fully saturated rings. The van der Waals surface area contributed by atoms with Crippen molar-refractivity contribution in [3.8, 4) is 22.0 Å². The van der Waals surface area contributed by atoms with Crippen LogP contribution in [0.2, 0.25) is 0 Å². The minimum absolute atomic E-state index is 0.0112. The van der Waals surface area contributed by atoms with E-state index in [-0.39, 0.29) is 41.6 Å². The third-order valence-electron chi connectivity index (χ3n) is 7.12. The van der Waals surface area contributed by atoms with Crippen LogP contribution in [0.3, 0.4) is 0 Å². The highest BCUT2D eigenvalue weighted by Gasteiger charge is 2.27. The molecular formula is C28H30F2N8O6S. The number of carboxylic acid groups (broad SMARTS) is 1. The molecular weight excluding hydrogens is 614 g/mol. The number of amides is 1. The van der Waals surface area contributed by atoms with Gasteiger partial charge < -0.3 is 25.6 Å². The Morgan fingerprint density at radius 2 is 1.93 bits per heavy atom. The molecule has 0 unspecified atom stereocenters. The van der Waals surface area contributed by atoms with Crippen LogP contribution in [0, 0.1) is 11.8 Å². The van der Waals surface area contributed by atoms with Crippen molar-refractivity contribution >= 4 is 34.9 Å². The number of esters is 1. The summed E-state index contributed by atoms with van der Waals surface area (Å²) in [5, 5.41) is 22.1. The van der Waals surface area contributed by atoms with Crippen LogP contribution in [0.15, 0.2) is 36.1 Å². The number of ether oxygens (including phenoxy) is 2. The Balaban J connectivity index is 1.30. The van der Waals surface area contributed by atoms with Crippen LogP contribution in [0.4, 0.5) is 14.5 Å². The minimum atomic E-state index is -1.37. The van der Waals surface area contributed by atoms with Crippen molar-refractivity contribution in [2.75, 3.05) is 11.9 Å². The molecule has 1 atom stereocenters. The number of nitrogens with zero attached hydrogens (tertiary/aromatic N) is 6. The number of rotatable bonds is 12. The van der Waals surface area contributed by atoms with Gasteiger partial charge in [0.1, 0.15) is 28.1 Å². The quantitative estimate of drug-likeness (QED) is 0.151. The highest BCUT2D eigenvalue weighted by Crippen LogP contribution is 2.34. The number of hydrogen-bond acceptors (Lipinski definition) is 11. The average Bonchev–Trinajstić information content (AvgIpc) is 3.78. The van der Waals surface area contributed by atoms with Gasteiger partial charge in [-0.1, -0.05) is 0 Å². The SMILES string of the molecule is CCOC1CCC(n2cc(NC(=O)c3csc(-c4cnn(COC(=O)C[C@@H](N)C(=O)O)c4)n3)c(-c3nc(F)ccc3F)n2)CC1. The van der Waals surface area contributed by atoms with Gasteiger partial charge >= 0.3 is 11.9 Å². The predicted molar refractivity (Wildman–Crippen MR) is 156 cm³/mol. The van der Waals surface area contributed by atoms with Crippen molar-refractivity contribution in [2.24, 2.45) is 5.73 Å². The number of anilines is 1. The number of nitrogens with two attached hydrogens (primary N) is 1. The van der Waals surface area contributed by atoms with Crippen LogP contribution < -0.4 is 11.1 Å². The largest absolute Gasteiger partial charge is 0.480 e. The summed E-state index contributed by atoms with van der Waals surface area (Å²) in [5.74, 6) is -4.41. The molecule has 4 N–H and O–H groups in total. The number of carbonyl (C=O) groups is 3. The van der Waals surface area contributed by atoms with E-state index in [0.717, 1.165) is 49.2 Å².